The van der Waals surface area contributed by atoms with Crippen LogP contribution in [0, 0.1) is 0 Å². The maximum absolute atomic E-state index is 12.4. The van der Waals surface area contributed by atoms with E-state index in [2.05, 4.69) is 10.1 Å². The van der Waals surface area contributed by atoms with E-state index in [4.69, 9.17) is 4.74 Å². The van der Waals surface area contributed by atoms with Crippen molar-refractivity contribution in [2.45, 2.75) is 6.92 Å². The molecule has 1 aliphatic heterocycles. The lowest BCUT2D eigenvalue weighted by molar-refractivity contribution is -0.117. The van der Waals surface area contributed by atoms with Gasteiger partial charge in [0.15, 0.2) is 0 Å². The number of amides is 1. The second kappa shape index (κ2) is 6.69. The third kappa shape index (κ3) is 3.22. The molecule has 24 heavy (non-hydrogen) atoms. The quantitative estimate of drug-likeness (QED) is 0.774. The van der Waals surface area contributed by atoms with E-state index in [-0.39, 0.29) is 12.5 Å². The molecule has 8 heteroatoms. The molecule has 2 aromatic heterocycles. The van der Waals surface area contributed by atoms with Crippen LogP contribution in [0.4, 0.5) is 11.5 Å². The Hall–Kier alpha value is -2.90. The van der Waals surface area contributed by atoms with Gasteiger partial charge in [-0.15, -0.1) is 0 Å². The highest BCUT2D eigenvalue weighted by Crippen LogP contribution is 2.19. The molecule has 0 bridgehead atoms. The fourth-order valence-corrected chi connectivity index (χ4v) is 2.60. The van der Waals surface area contributed by atoms with Crippen molar-refractivity contribution in [2.75, 3.05) is 36.0 Å². The molecule has 1 amide bonds. The standard InChI is InChI=1S/C16H19N5O3/c1-3-24-16(23)12-4-5-14(17-8-12)20-6-7-21(15(22)11-20)13-9-18-19(2)10-13/h4-5,8-10H,3,6-7,11H2,1-2H3. The number of nitrogens with zero attached hydrogens (tertiary/aromatic N) is 5. The SMILES string of the molecule is CCOC(=O)c1ccc(N2CCN(c3cnn(C)c3)C(=O)C2)nc1. The summed E-state index contributed by atoms with van der Waals surface area (Å²) in [5.74, 6) is 0.266. The third-order valence-electron chi connectivity index (χ3n) is 3.81. The molecule has 0 radical (unpaired) electrons. The Morgan fingerprint density at radius 2 is 2.12 bits per heavy atom. The number of piperazine rings is 1. The fraction of sp³-hybridized carbons (Fsp3) is 0.375. The summed E-state index contributed by atoms with van der Waals surface area (Å²) in [5, 5.41) is 4.10. The first kappa shape index (κ1) is 16.0. The summed E-state index contributed by atoms with van der Waals surface area (Å²) in [7, 11) is 1.82. The number of rotatable bonds is 4. The Morgan fingerprint density at radius 3 is 2.71 bits per heavy atom. The first-order chi connectivity index (χ1) is 11.6. The van der Waals surface area contributed by atoms with Crippen molar-refractivity contribution < 1.29 is 14.3 Å². The molecule has 0 saturated carbocycles. The van der Waals surface area contributed by atoms with Gasteiger partial charge in [0.05, 0.1) is 30.6 Å². The minimum atomic E-state index is -0.394. The number of hydrogen-bond acceptors (Lipinski definition) is 6. The van der Waals surface area contributed by atoms with Crippen LogP contribution in [0.5, 0.6) is 0 Å². The van der Waals surface area contributed by atoms with E-state index < -0.39 is 5.97 Å². The molecule has 3 heterocycles. The molecular formula is C16H19N5O3. The molecule has 1 saturated heterocycles. The lowest BCUT2D eigenvalue weighted by Crippen LogP contribution is -2.50. The predicted molar refractivity (Wildman–Crippen MR) is 88.0 cm³/mol. The van der Waals surface area contributed by atoms with E-state index in [0.717, 1.165) is 5.69 Å². The molecule has 2 aromatic rings. The van der Waals surface area contributed by atoms with Crippen molar-refractivity contribution in [3.05, 3.63) is 36.3 Å². The maximum Gasteiger partial charge on any atom is 0.339 e. The first-order valence-electron chi connectivity index (χ1n) is 7.75. The van der Waals surface area contributed by atoms with Crippen molar-refractivity contribution in [3.63, 3.8) is 0 Å². The van der Waals surface area contributed by atoms with E-state index in [9.17, 15) is 9.59 Å². The number of carbonyl (C=O) groups is 2. The number of hydrogen-bond donors (Lipinski definition) is 0. The zero-order chi connectivity index (χ0) is 17.1. The Labute approximate surface area is 139 Å². The Balaban J connectivity index is 1.67. The number of ether oxygens (including phenoxy) is 1. The summed E-state index contributed by atoms with van der Waals surface area (Å²) >= 11 is 0. The van der Waals surface area contributed by atoms with Crippen LogP contribution >= 0.6 is 0 Å². The predicted octanol–water partition coefficient (Wildman–Crippen LogP) is 0.845. The van der Waals surface area contributed by atoms with Gasteiger partial charge in [0.2, 0.25) is 5.91 Å². The van der Waals surface area contributed by atoms with Gasteiger partial charge in [-0.1, -0.05) is 0 Å². The molecule has 3 rings (SSSR count). The van der Waals surface area contributed by atoms with E-state index in [1.807, 2.05) is 18.1 Å². The highest BCUT2D eigenvalue weighted by molar-refractivity contribution is 5.97. The van der Waals surface area contributed by atoms with Crippen LogP contribution in [0.2, 0.25) is 0 Å². The molecule has 1 aliphatic rings. The van der Waals surface area contributed by atoms with E-state index >= 15 is 0 Å². The molecule has 0 aliphatic carbocycles. The van der Waals surface area contributed by atoms with E-state index in [1.54, 1.807) is 34.8 Å². The van der Waals surface area contributed by atoms with E-state index in [1.165, 1.54) is 6.20 Å². The Bertz CT molecular complexity index is 740. The largest absolute Gasteiger partial charge is 0.462 e. The van der Waals surface area contributed by atoms with Crippen LogP contribution in [-0.2, 0) is 16.6 Å². The average molecular weight is 329 g/mol. The number of aromatic nitrogens is 3. The zero-order valence-corrected chi connectivity index (χ0v) is 13.7. The van der Waals surface area contributed by atoms with Crippen LogP contribution in [0.1, 0.15) is 17.3 Å². The molecule has 0 atom stereocenters. The highest BCUT2D eigenvalue weighted by atomic mass is 16.5. The Morgan fingerprint density at radius 1 is 1.29 bits per heavy atom. The van der Waals surface area contributed by atoms with Gasteiger partial charge in [-0.05, 0) is 19.1 Å². The van der Waals surface area contributed by atoms with Crippen LogP contribution < -0.4 is 9.80 Å². The molecule has 0 aromatic carbocycles. The van der Waals surface area contributed by atoms with Crippen molar-refractivity contribution >= 4 is 23.4 Å². The summed E-state index contributed by atoms with van der Waals surface area (Å²) in [5.41, 5.74) is 1.20. The molecule has 0 N–H and O–H groups in total. The summed E-state index contributed by atoms with van der Waals surface area (Å²) < 4.78 is 6.61. The third-order valence-corrected chi connectivity index (χ3v) is 3.81. The van der Waals surface area contributed by atoms with Gasteiger partial charge in [0, 0.05) is 32.5 Å². The monoisotopic (exact) mass is 329 g/mol. The van der Waals surface area contributed by atoms with Crippen molar-refractivity contribution in [3.8, 4) is 0 Å². The normalized spacial score (nSPS) is 14.8. The van der Waals surface area contributed by atoms with Gasteiger partial charge in [-0.25, -0.2) is 9.78 Å². The minimum absolute atomic E-state index is 0.00878. The number of esters is 1. The number of pyridine rings is 1. The zero-order valence-electron chi connectivity index (χ0n) is 13.7. The fourth-order valence-electron chi connectivity index (χ4n) is 2.60. The maximum atomic E-state index is 12.4. The van der Waals surface area contributed by atoms with Gasteiger partial charge in [-0.3, -0.25) is 9.48 Å². The summed E-state index contributed by atoms with van der Waals surface area (Å²) in [6, 6.07) is 3.40. The second-order valence-electron chi connectivity index (χ2n) is 5.46. The highest BCUT2D eigenvalue weighted by Gasteiger charge is 2.26. The number of aryl methyl sites for hydroxylation is 1. The second-order valence-corrected chi connectivity index (χ2v) is 5.46. The van der Waals surface area contributed by atoms with Crippen molar-refractivity contribution in [1.82, 2.24) is 14.8 Å². The Kier molecular flexibility index (Phi) is 4.45. The van der Waals surface area contributed by atoms with Crippen LogP contribution in [0.15, 0.2) is 30.7 Å². The van der Waals surface area contributed by atoms with Crippen LogP contribution in [0.3, 0.4) is 0 Å². The topological polar surface area (TPSA) is 80.6 Å². The van der Waals surface area contributed by atoms with Crippen molar-refractivity contribution in [1.29, 1.82) is 0 Å². The molecule has 126 valence electrons. The number of anilines is 2. The minimum Gasteiger partial charge on any atom is -0.462 e. The van der Waals surface area contributed by atoms with Crippen LogP contribution in [-0.4, -0.2) is 52.9 Å². The lowest BCUT2D eigenvalue weighted by Gasteiger charge is -2.34. The molecule has 1 fully saturated rings. The molecule has 8 nitrogen and oxygen atoms in total. The summed E-state index contributed by atoms with van der Waals surface area (Å²) in [6.45, 7) is 3.54. The van der Waals surface area contributed by atoms with Crippen molar-refractivity contribution in [2.24, 2.45) is 7.05 Å². The van der Waals surface area contributed by atoms with Crippen LogP contribution in [0.25, 0.3) is 0 Å². The average Bonchev–Trinajstić information content (AvgIpc) is 3.01. The van der Waals surface area contributed by atoms with Gasteiger partial charge < -0.3 is 14.5 Å². The lowest BCUT2D eigenvalue weighted by atomic mass is 10.2. The van der Waals surface area contributed by atoms with Gasteiger partial charge in [-0.2, -0.15) is 5.10 Å². The summed E-state index contributed by atoms with van der Waals surface area (Å²) in [4.78, 5) is 31.9. The molecule has 0 unspecified atom stereocenters. The smallest absolute Gasteiger partial charge is 0.339 e. The summed E-state index contributed by atoms with van der Waals surface area (Å²) in [6.07, 6.45) is 4.98. The number of carbonyl (C=O) groups excluding carboxylic acids is 2. The van der Waals surface area contributed by atoms with E-state index in [0.29, 0.717) is 31.1 Å². The van der Waals surface area contributed by atoms with Gasteiger partial charge in [0.1, 0.15) is 5.82 Å². The molecular weight excluding hydrogens is 310 g/mol. The molecule has 0 spiro atoms. The van der Waals surface area contributed by atoms with Gasteiger partial charge in [0.25, 0.3) is 0 Å². The first-order valence-corrected chi connectivity index (χ1v) is 7.75. The van der Waals surface area contributed by atoms with Gasteiger partial charge >= 0.3 is 5.97 Å².